The fraction of sp³-hybridized carbons (Fsp3) is 0.292. The molecule has 4 rings (SSSR count). The molecule has 0 fully saturated rings. The maximum Gasteiger partial charge on any atom is 0.411 e. The van der Waals surface area contributed by atoms with E-state index in [0.29, 0.717) is 35.6 Å². The minimum Gasteiger partial charge on any atom is -0.462 e. The Balaban J connectivity index is 0.966. The fourth-order valence-electron chi connectivity index (χ4n) is 5.60. The first-order valence-corrected chi connectivity index (χ1v) is 21.3. The quantitative estimate of drug-likeness (QED) is 0.0217. The van der Waals surface area contributed by atoms with E-state index in [9.17, 15) is 47.9 Å². The second-order valence-corrected chi connectivity index (χ2v) is 14.3. The standard InChI is InChI=1S/C48H46N4O18/c1-32(2-20-41(55)63-22-28-69-47(61)51-39-16-8-35(9-17-39)45(59)67-26-24-65-43(57)33-4-12-37(13-5-33)49-30-53)3-21-42(56)64-23-29-70-48(62)52-40-18-10-36(11-19-40)46(60)68-27-25-66-44(58)34-6-14-38(15-7-34)50-31-54/h4-19,32H,2-3,20-29H2,1H3,(H,51,61)(H,52,62). The van der Waals surface area contributed by atoms with E-state index in [2.05, 4.69) is 20.6 Å². The third-order valence-electron chi connectivity index (χ3n) is 9.23. The number of benzene rings is 4. The van der Waals surface area contributed by atoms with Gasteiger partial charge in [-0.25, -0.2) is 38.4 Å². The molecule has 0 spiro atoms. The average molecular weight is 967 g/mol. The smallest absolute Gasteiger partial charge is 0.411 e. The number of hydrogen-bond donors (Lipinski definition) is 2. The number of carbonyl (C=O) groups is 8. The molecular weight excluding hydrogens is 921 g/mol. The first-order chi connectivity index (χ1) is 33.8. The van der Waals surface area contributed by atoms with Crippen LogP contribution in [-0.2, 0) is 57.1 Å². The molecule has 0 aliphatic carbocycles. The van der Waals surface area contributed by atoms with Crippen LogP contribution in [0.25, 0.3) is 0 Å². The number of nitrogens with one attached hydrogen (secondary N) is 2. The minimum absolute atomic E-state index is 0.0372. The Morgan fingerprint density at radius 1 is 0.414 bits per heavy atom. The Kier molecular flexibility index (Phi) is 22.7. The van der Waals surface area contributed by atoms with Crippen LogP contribution >= 0.6 is 0 Å². The molecule has 0 bridgehead atoms. The summed E-state index contributed by atoms with van der Waals surface area (Å²) in [6.45, 7) is 0.188. The number of anilines is 2. The highest BCUT2D eigenvalue weighted by Crippen LogP contribution is 2.17. The van der Waals surface area contributed by atoms with E-state index in [-0.39, 0.29) is 93.9 Å². The van der Waals surface area contributed by atoms with Crippen LogP contribution in [0.1, 0.15) is 74.0 Å². The summed E-state index contributed by atoms with van der Waals surface area (Å²) in [4.78, 5) is 125. The summed E-state index contributed by atoms with van der Waals surface area (Å²) in [5, 5.41) is 4.94. The Morgan fingerprint density at radius 2 is 0.686 bits per heavy atom. The van der Waals surface area contributed by atoms with Crippen molar-refractivity contribution in [3.8, 4) is 0 Å². The predicted molar refractivity (Wildman–Crippen MR) is 242 cm³/mol. The Hall–Kier alpha value is -9.00. The summed E-state index contributed by atoms with van der Waals surface area (Å²) in [5.41, 5.74) is 2.04. The van der Waals surface area contributed by atoms with Crippen LogP contribution < -0.4 is 10.6 Å². The second kappa shape index (κ2) is 29.6. The zero-order valence-electron chi connectivity index (χ0n) is 37.5. The molecule has 0 atom stereocenters. The molecule has 0 radical (unpaired) electrons. The Morgan fingerprint density at radius 3 is 0.986 bits per heavy atom. The number of hydrogen-bond acceptors (Lipinski definition) is 20. The highest BCUT2D eigenvalue weighted by molar-refractivity contribution is 5.93. The van der Waals surface area contributed by atoms with Gasteiger partial charge in [-0.1, -0.05) is 6.92 Å². The van der Waals surface area contributed by atoms with E-state index in [1.54, 1.807) is 0 Å². The lowest BCUT2D eigenvalue weighted by Crippen LogP contribution is -2.19. The minimum atomic E-state index is -0.827. The number of aliphatic imine (C=N–C) groups is 2. The van der Waals surface area contributed by atoms with Gasteiger partial charge >= 0.3 is 48.0 Å². The maximum atomic E-state index is 12.3. The van der Waals surface area contributed by atoms with Crippen LogP contribution in [0, 0.1) is 5.92 Å². The third-order valence-corrected chi connectivity index (χ3v) is 9.23. The maximum absolute atomic E-state index is 12.3. The van der Waals surface area contributed by atoms with Gasteiger partial charge in [0.1, 0.15) is 52.9 Å². The molecule has 0 saturated carbocycles. The van der Waals surface area contributed by atoms with Crippen molar-refractivity contribution in [1.29, 1.82) is 0 Å². The van der Waals surface area contributed by atoms with Crippen LogP contribution in [0.2, 0.25) is 0 Å². The van der Waals surface area contributed by atoms with Gasteiger partial charge in [-0.05, 0) is 116 Å². The lowest BCUT2D eigenvalue weighted by Gasteiger charge is -2.12. The van der Waals surface area contributed by atoms with E-state index < -0.39 is 48.0 Å². The summed E-state index contributed by atoms with van der Waals surface area (Å²) >= 11 is 0. The molecule has 0 heterocycles. The predicted octanol–water partition coefficient (Wildman–Crippen LogP) is 6.73. The molecule has 70 heavy (non-hydrogen) atoms. The molecule has 0 unspecified atom stereocenters. The van der Waals surface area contributed by atoms with Crippen molar-refractivity contribution in [2.24, 2.45) is 15.9 Å². The topological polar surface area (TPSA) is 293 Å². The van der Waals surface area contributed by atoms with Crippen molar-refractivity contribution in [3.63, 3.8) is 0 Å². The lowest BCUT2D eigenvalue weighted by molar-refractivity contribution is -0.145. The molecule has 0 aromatic heterocycles. The molecule has 2 N–H and O–H groups in total. The monoisotopic (exact) mass is 966 g/mol. The van der Waals surface area contributed by atoms with Crippen LogP contribution in [0.15, 0.2) is 107 Å². The van der Waals surface area contributed by atoms with Crippen molar-refractivity contribution < 1.29 is 85.8 Å². The van der Waals surface area contributed by atoms with Crippen molar-refractivity contribution >= 4 is 82.9 Å². The number of rotatable bonds is 26. The molecule has 4 aromatic carbocycles. The highest BCUT2D eigenvalue weighted by Gasteiger charge is 2.15. The molecule has 22 nitrogen and oxygen atoms in total. The number of ether oxygens (including phenoxy) is 8. The molecule has 2 amide bonds. The molecule has 0 saturated heterocycles. The van der Waals surface area contributed by atoms with Gasteiger partial charge in [-0.2, -0.15) is 9.98 Å². The Bertz CT molecular complexity index is 2340. The Labute approximate surface area is 399 Å². The van der Waals surface area contributed by atoms with Gasteiger partial charge in [0.05, 0.1) is 33.6 Å². The number of esters is 6. The average Bonchev–Trinajstić information content (AvgIpc) is 3.36. The van der Waals surface area contributed by atoms with E-state index in [0.717, 1.165) is 0 Å². The first kappa shape index (κ1) is 53.6. The lowest BCUT2D eigenvalue weighted by atomic mass is 10.00. The van der Waals surface area contributed by atoms with E-state index >= 15 is 0 Å². The molecule has 0 aliphatic heterocycles. The summed E-state index contributed by atoms with van der Waals surface area (Å²) in [7, 11) is 0. The summed E-state index contributed by atoms with van der Waals surface area (Å²) in [5.74, 6) is -3.77. The van der Waals surface area contributed by atoms with Gasteiger partial charge < -0.3 is 37.9 Å². The molecule has 4 aromatic rings. The summed E-state index contributed by atoms with van der Waals surface area (Å²) in [6, 6.07) is 22.8. The number of amides is 2. The fourth-order valence-corrected chi connectivity index (χ4v) is 5.60. The zero-order chi connectivity index (χ0) is 50.5. The van der Waals surface area contributed by atoms with Crippen LogP contribution in [0.3, 0.4) is 0 Å². The number of nitrogens with zero attached hydrogens (tertiary/aromatic N) is 2. The summed E-state index contributed by atoms with van der Waals surface area (Å²) in [6.07, 6.45) is 2.09. The van der Waals surface area contributed by atoms with Crippen LogP contribution in [0.4, 0.5) is 32.3 Å². The number of carbonyl (C=O) groups excluding carboxylic acids is 10. The van der Waals surface area contributed by atoms with Crippen molar-refractivity contribution in [2.75, 3.05) is 63.5 Å². The van der Waals surface area contributed by atoms with Gasteiger partial charge in [-0.3, -0.25) is 20.2 Å². The zero-order valence-corrected chi connectivity index (χ0v) is 37.5. The summed E-state index contributed by atoms with van der Waals surface area (Å²) < 4.78 is 40.6. The molecular formula is C48H46N4O18. The van der Waals surface area contributed by atoms with E-state index in [4.69, 9.17) is 37.9 Å². The van der Waals surface area contributed by atoms with Gasteiger partial charge in [0.15, 0.2) is 0 Å². The van der Waals surface area contributed by atoms with E-state index in [1.165, 1.54) is 109 Å². The SMILES string of the molecule is CC(CCC(=O)OCCOC(=O)Nc1ccc(C(=O)OCCOC(=O)c2ccc(N=C=O)cc2)cc1)CCC(=O)OCCOC(=O)Nc1ccc(C(=O)OCCOC(=O)c2ccc(N=C=O)cc2)cc1. The normalized spacial score (nSPS) is 10.6. The first-order valence-electron chi connectivity index (χ1n) is 21.3. The molecule has 22 heteroatoms. The van der Waals surface area contributed by atoms with Gasteiger partial charge in [0.25, 0.3) is 0 Å². The van der Waals surface area contributed by atoms with Crippen LogP contribution in [-0.4, -0.2) is 113 Å². The molecule has 366 valence electrons. The molecule has 0 aliphatic rings. The largest absolute Gasteiger partial charge is 0.462 e. The van der Waals surface area contributed by atoms with E-state index in [1.807, 2.05) is 6.92 Å². The van der Waals surface area contributed by atoms with Crippen molar-refractivity contribution in [1.82, 2.24) is 0 Å². The highest BCUT2D eigenvalue weighted by atomic mass is 16.6. The third kappa shape index (κ3) is 20.3. The second-order valence-electron chi connectivity index (χ2n) is 14.3. The van der Waals surface area contributed by atoms with Crippen LogP contribution in [0.5, 0.6) is 0 Å². The number of isocyanates is 2. The van der Waals surface area contributed by atoms with Gasteiger partial charge in [-0.15, -0.1) is 0 Å². The van der Waals surface area contributed by atoms with Crippen molar-refractivity contribution in [3.05, 3.63) is 119 Å². The van der Waals surface area contributed by atoms with Gasteiger partial charge in [0, 0.05) is 24.2 Å². The van der Waals surface area contributed by atoms with Gasteiger partial charge in [0.2, 0.25) is 12.2 Å². The van der Waals surface area contributed by atoms with Crippen molar-refractivity contribution in [2.45, 2.75) is 32.6 Å².